The van der Waals surface area contributed by atoms with Crippen molar-refractivity contribution < 1.29 is 8.42 Å². The minimum absolute atomic E-state index is 0.114. The van der Waals surface area contributed by atoms with Gasteiger partial charge < -0.3 is 4.90 Å². The molecule has 0 aromatic carbocycles. The van der Waals surface area contributed by atoms with Gasteiger partial charge in [0, 0.05) is 32.4 Å². The van der Waals surface area contributed by atoms with E-state index >= 15 is 0 Å². The third kappa shape index (κ3) is 2.82. The first-order valence-corrected chi connectivity index (χ1v) is 9.07. The number of hydrogen-bond donors (Lipinski definition) is 1. The maximum absolute atomic E-state index is 11.5. The van der Waals surface area contributed by atoms with Crippen LogP contribution in [0.5, 0.6) is 0 Å². The average Bonchev–Trinajstić information content (AvgIpc) is 2.90. The van der Waals surface area contributed by atoms with E-state index in [0.717, 1.165) is 16.9 Å². The van der Waals surface area contributed by atoms with Crippen molar-refractivity contribution in [1.82, 2.24) is 18.9 Å². The minimum atomic E-state index is -3.68. The molecule has 0 radical (unpaired) electrons. The van der Waals surface area contributed by atoms with Crippen LogP contribution in [-0.2, 0) is 10.2 Å². The van der Waals surface area contributed by atoms with E-state index < -0.39 is 10.2 Å². The Morgan fingerprint density at radius 3 is 2.67 bits per heavy atom. The second-order valence-electron chi connectivity index (χ2n) is 5.94. The number of anilines is 1. The van der Waals surface area contributed by atoms with Crippen LogP contribution in [0.1, 0.15) is 24.0 Å². The molecule has 24 heavy (non-hydrogen) atoms. The van der Waals surface area contributed by atoms with E-state index in [-0.39, 0.29) is 6.04 Å². The molecule has 10 heteroatoms. The van der Waals surface area contributed by atoms with E-state index in [1.807, 2.05) is 6.92 Å². The van der Waals surface area contributed by atoms with Crippen LogP contribution >= 0.6 is 0 Å². The lowest BCUT2D eigenvalue weighted by Crippen LogP contribution is -2.47. The molecule has 1 saturated heterocycles. The van der Waals surface area contributed by atoms with Crippen molar-refractivity contribution in [3.8, 4) is 6.07 Å². The molecule has 0 unspecified atom stereocenters. The maximum Gasteiger partial charge on any atom is 0.276 e. The molecule has 3 heterocycles. The van der Waals surface area contributed by atoms with Crippen LogP contribution in [0, 0.1) is 18.3 Å². The zero-order valence-corrected chi connectivity index (χ0v) is 14.4. The Kier molecular flexibility index (Phi) is 4.16. The fourth-order valence-corrected chi connectivity index (χ4v) is 3.76. The molecule has 128 valence electrons. The fraction of sp³-hybridized carbons (Fsp3) is 0.500. The molecule has 2 aromatic heterocycles. The second kappa shape index (κ2) is 6.01. The fourth-order valence-electron chi connectivity index (χ4n) is 3.13. The molecule has 0 amide bonds. The van der Waals surface area contributed by atoms with Gasteiger partial charge in [-0.15, -0.1) is 0 Å². The van der Waals surface area contributed by atoms with Gasteiger partial charge in [-0.2, -0.15) is 23.1 Å². The Morgan fingerprint density at radius 2 is 2.08 bits per heavy atom. The van der Waals surface area contributed by atoms with Gasteiger partial charge in [-0.1, -0.05) is 0 Å². The number of piperidine rings is 1. The van der Waals surface area contributed by atoms with Crippen LogP contribution < -0.4 is 10.0 Å². The van der Waals surface area contributed by atoms with Crippen molar-refractivity contribution in [2.45, 2.75) is 25.8 Å². The molecular formula is C14H19N7O2S. The minimum Gasteiger partial charge on any atom is -0.355 e. The molecule has 1 aliphatic heterocycles. The van der Waals surface area contributed by atoms with Crippen LogP contribution in [0.2, 0.25) is 0 Å². The molecule has 0 bridgehead atoms. The highest BCUT2D eigenvalue weighted by molar-refractivity contribution is 7.86. The molecule has 1 aliphatic rings. The quantitative estimate of drug-likeness (QED) is 0.833. The number of nitriles is 1. The Hall–Kier alpha value is -2.22. The van der Waals surface area contributed by atoms with E-state index in [0.29, 0.717) is 31.5 Å². The van der Waals surface area contributed by atoms with E-state index in [1.165, 1.54) is 17.7 Å². The molecule has 0 atom stereocenters. The first kappa shape index (κ1) is 16.6. The summed E-state index contributed by atoms with van der Waals surface area (Å²) in [7, 11) is -2.17. The topological polar surface area (TPSA) is 121 Å². The van der Waals surface area contributed by atoms with Crippen LogP contribution in [-0.4, -0.2) is 53.5 Å². The Bertz CT molecular complexity index is 907. The number of hydrogen-bond acceptors (Lipinski definition) is 6. The number of rotatable bonds is 3. The second-order valence-corrected chi connectivity index (χ2v) is 7.54. The lowest BCUT2D eigenvalue weighted by Gasteiger charge is -2.36. The Balaban J connectivity index is 1.86. The van der Waals surface area contributed by atoms with E-state index in [4.69, 9.17) is 5.14 Å². The predicted molar refractivity (Wildman–Crippen MR) is 88.5 cm³/mol. The standard InChI is InChI=1S/C14H19N7O2S/c1-10-11(7-15)8-21-13(10)14(17-9-18-21)20-5-3-12(4-6-20)19(2)24(16,22)23/h8-9,12H,3-6H2,1-2H3,(H2,16,22,23). The van der Waals surface area contributed by atoms with Gasteiger partial charge in [-0.3, -0.25) is 0 Å². The van der Waals surface area contributed by atoms with Gasteiger partial charge in [0.15, 0.2) is 5.82 Å². The summed E-state index contributed by atoms with van der Waals surface area (Å²) in [5.41, 5.74) is 2.23. The predicted octanol–water partition coefficient (Wildman–Crippen LogP) is 0.0135. The third-order valence-electron chi connectivity index (χ3n) is 4.61. The molecule has 2 aromatic rings. The number of nitrogens with zero attached hydrogens (tertiary/aromatic N) is 6. The third-order valence-corrected chi connectivity index (χ3v) is 5.71. The summed E-state index contributed by atoms with van der Waals surface area (Å²) in [5.74, 6) is 0.765. The van der Waals surface area contributed by atoms with Gasteiger partial charge in [0.25, 0.3) is 10.2 Å². The van der Waals surface area contributed by atoms with Gasteiger partial charge in [0.1, 0.15) is 17.9 Å². The van der Waals surface area contributed by atoms with Crippen molar-refractivity contribution in [2.75, 3.05) is 25.0 Å². The first-order chi connectivity index (χ1) is 11.3. The molecule has 0 spiro atoms. The lowest BCUT2D eigenvalue weighted by molar-refractivity contribution is 0.312. The number of aryl methyl sites for hydroxylation is 1. The summed E-state index contributed by atoms with van der Waals surface area (Å²) in [6, 6.07) is 2.04. The SMILES string of the molecule is Cc1c(C#N)cn2ncnc(N3CCC(N(C)S(N)(=O)=O)CC3)c12. The van der Waals surface area contributed by atoms with Gasteiger partial charge in [0.2, 0.25) is 0 Å². The normalized spacial score (nSPS) is 16.7. The molecule has 2 N–H and O–H groups in total. The summed E-state index contributed by atoms with van der Waals surface area (Å²) in [5, 5.41) is 18.6. The van der Waals surface area contributed by atoms with Crippen molar-refractivity contribution in [3.05, 3.63) is 23.7 Å². The van der Waals surface area contributed by atoms with Crippen molar-refractivity contribution in [2.24, 2.45) is 5.14 Å². The van der Waals surface area contributed by atoms with Gasteiger partial charge >= 0.3 is 0 Å². The summed E-state index contributed by atoms with van der Waals surface area (Å²) in [4.78, 5) is 6.48. The average molecular weight is 349 g/mol. The van der Waals surface area contributed by atoms with Crippen molar-refractivity contribution in [1.29, 1.82) is 5.26 Å². The summed E-state index contributed by atoms with van der Waals surface area (Å²) in [6.45, 7) is 3.19. The number of nitrogens with two attached hydrogens (primary N) is 1. The zero-order valence-electron chi connectivity index (χ0n) is 13.5. The highest BCUT2D eigenvalue weighted by Gasteiger charge is 2.29. The van der Waals surface area contributed by atoms with Crippen LogP contribution in [0.4, 0.5) is 5.82 Å². The summed E-state index contributed by atoms with van der Waals surface area (Å²) in [6.07, 6.45) is 4.48. The maximum atomic E-state index is 11.5. The molecular weight excluding hydrogens is 330 g/mol. The van der Waals surface area contributed by atoms with Crippen LogP contribution in [0.25, 0.3) is 5.52 Å². The van der Waals surface area contributed by atoms with Gasteiger partial charge in [0.05, 0.1) is 5.56 Å². The zero-order chi connectivity index (χ0) is 17.5. The van der Waals surface area contributed by atoms with Gasteiger partial charge in [-0.05, 0) is 25.3 Å². The van der Waals surface area contributed by atoms with E-state index in [2.05, 4.69) is 21.1 Å². The van der Waals surface area contributed by atoms with E-state index in [1.54, 1.807) is 10.7 Å². The lowest BCUT2D eigenvalue weighted by atomic mass is 10.1. The molecule has 0 saturated carbocycles. The molecule has 3 rings (SSSR count). The van der Waals surface area contributed by atoms with Crippen molar-refractivity contribution >= 4 is 21.5 Å². The Morgan fingerprint density at radius 1 is 1.42 bits per heavy atom. The number of aromatic nitrogens is 3. The Labute approximate surface area is 140 Å². The smallest absolute Gasteiger partial charge is 0.276 e. The monoisotopic (exact) mass is 349 g/mol. The van der Waals surface area contributed by atoms with E-state index in [9.17, 15) is 13.7 Å². The molecule has 9 nitrogen and oxygen atoms in total. The largest absolute Gasteiger partial charge is 0.355 e. The molecule has 0 aliphatic carbocycles. The van der Waals surface area contributed by atoms with Crippen molar-refractivity contribution in [3.63, 3.8) is 0 Å². The number of fused-ring (bicyclic) bond motifs is 1. The van der Waals surface area contributed by atoms with Gasteiger partial charge in [-0.25, -0.2) is 14.6 Å². The highest BCUT2D eigenvalue weighted by Crippen LogP contribution is 2.28. The highest BCUT2D eigenvalue weighted by atomic mass is 32.2. The molecule has 1 fully saturated rings. The van der Waals surface area contributed by atoms with Crippen LogP contribution in [0.3, 0.4) is 0 Å². The van der Waals surface area contributed by atoms with Crippen LogP contribution in [0.15, 0.2) is 12.5 Å². The summed E-state index contributed by atoms with van der Waals surface area (Å²) >= 11 is 0. The summed E-state index contributed by atoms with van der Waals surface area (Å²) < 4.78 is 25.8. The first-order valence-electron chi connectivity index (χ1n) is 7.56.